The number of amides is 1. The van der Waals surface area contributed by atoms with Gasteiger partial charge in [0.2, 0.25) is 0 Å². The lowest BCUT2D eigenvalue weighted by Gasteiger charge is -2.41. The molecule has 1 aromatic rings. The zero-order valence-electron chi connectivity index (χ0n) is 11.0. The molecular weight excluding hydrogens is 308 g/mol. The first-order valence-electron chi connectivity index (χ1n) is 6.42. The fourth-order valence-corrected chi connectivity index (χ4v) is 2.85. The number of nitrogens with two attached hydrogens (primary N) is 1. The molecule has 4 nitrogen and oxygen atoms in total. The highest BCUT2D eigenvalue weighted by molar-refractivity contribution is 9.10. The molecule has 19 heavy (non-hydrogen) atoms. The van der Waals surface area contributed by atoms with Crippen LogP contribution in [0.5, 0.6) is 5.75 Å². The predicted molar refractivity (Wildman–Crippen MR) is 78.4 cm³/mol. The first-order valence-corrected chi connectivity index (χ1v) is 7.21. The second-order valence-corrected chi connectivity index (χ2v) is 5.94. The van der Waals surface area contributed by atoms with Crippen molar-refractivity contribution < 1.29 is 9.53 Å². The zero-order chi connectivity index (χ0) is 13.9. The van der Waals surface area contributed by atoms with Gasteiger partial charge in [0.1, 0.15) is 5.75 Å². The first kappa shape index (κ1) is 14.3. The summed E-state index contributed by atoms with van der Waals surface area (Å²) in [5.41, 5.74) is 6.53. The van der Waals surface area contributed by atoms with Gasteiger partial charge in [0.25, 0.3) is 5.91 Å². The summed E-state index contributed by atoms with van der Waals surface area (Å²) >= 11 is 3.38. The Labute approximate surface area is 121 Å². The molecule has 2 rings (SSSR count). The third-order valence-electron chi connectivity index (χ3n) is 3.89. The number of hydrogen-bond donors (Lipinski definition) is 2. The maximum Gasteiger partial charge on any atom is 0.251 e. The molecule has 3 N–H and O–H groups in total. The van der Waals surface area contributed by atoms with Crippen molar-refractivity contribution in [2.75, 3.05) is 20.2 Å². The van der Waals surface area contributed by atoms with E-state index in [1.807, 2.05) is 0 Å². The highest BCUT2D eigenvalue weighted by Gasteiger charge is 2.35. The van der Waals surface area contributed by atoms with Gasteiger partial charge in [-0.3, -0.25) is 4.79 Å². The molecule has 0 bridgehead atoms. The fraction of sp³-hybridized carbons (Fsp3) is 0.500. The number of hydrogen-bond acceptors (Lipinski definition) is 3. The van der Waals surface area contributed by atoms with Crippen LogP contribution in [0.15, 0.2) is 22.7 Å². The maximum atomic E-state index is 12.1. The van der Waals surface area contributed by atoms with E-state index in [0.29, 0.717) is 24.4 Å². The Morgan fingerprint density at radius 2 is 2.26 bits per heavy atom. The van der Waals surface area contributed by atoms with Crippen molar-refractivity contribution in [2.24, 2.45) is 11.1 Å². The van der Waals surface area contributed by atoms with Crippen LogP contribution in [0.1, 0.15) is 29.6 Å². The summed E-state index contributed by atoms with van der Waals surface area (Å²) in [6, 6.07) is 5.31. The number of carbonyl (C=O) groups is 1. The monoisotopic (exact) mass is 326 g/mol. The van der Waals surface area contributed by atoms with Crippen molar-refractivity contribution in [3.05, 3.63) is 28.2 Å². The van der Waals surface area contributed by atoms with Crippen LogP contribution < -0.4 is 15.8 Å². The Morgan fingerprint density at radius 1 is 1.53 bits per heavy atom. The largest absolute Gasteiger partial charge is 0.496 e. The van der Waals surface area contributed by atoms with E-state index in [2.05, 4.69) is 21.2 Å². The molecular formula is C14H19BrN2O2. The summed E-state index contributed by atoms with van der Waals surface area (Å²) in [7, 11) is 1.60. The van der Waals surface area contributed by atoms with Crippen molar-refractivity contribution in [1.29, 1.82) is 0 Å². The molecule has 0 spiro atoms. The normalized spacial score (nSPS) is 16.6. The van der Waals surface area contributed by atoms with Crippen molar-refractivity contribution in [3.63, 3.8) is 0 Å². The van der Waals surface area contributed by atoms with Crippen LogP contribution in [-0.4, -0.2) is 26.1 Å². The number of benzene rings is 1. The van der Waals surface area contributed by atoms with E-state index in [1.165, 1.54) is 6.42 Å². The molecule has 1 amide bonds. The SMILES string of the molecule is COc1ccc(C(=O)NCC2(CN)CCC2)cc1Br. The second-order valence-electron chi connectivity index (χ2n) is 5.09. The second kappa shape index (κ2) is 5.92. The molecule has 0 unspecified atom stereocenters. The number of methoxy groups -OCH3 is 1. The van der Waals surface area contributed by atoms with Crippen LogP contribution in [0.4, 0.5) is 0 Å². The first-order chi connectivity index (χ1) is 9.10. The molecule has 1 saturated carbocycles. The Morgan fingerprint density at radius 3 is 2.74 bits per heavy atom. The van der Waals surface area contributed by atoms with Gasteiger partial charge < -0.3 is 15.8 Å². The Bertz CT molecular complexity index is 467. The van der Waals surface area contributed by atoms with Gasteiger partial charge in [-0.25, -0.2) is 0 Å². The third kappa shape index (κ3) is 3.09. The standard InChI is InChI=1S/C14H19BrN2O2/c1-19-12-4-3-10(7-11(12)15)13(18)17-9-14(8-16)5-2-6-14/h3-4,7H,2,5-6,8-9,16H2,1H3,(H,17,18). The lowest BCUT2D eigenvalue weighted by molar-refractivity contribution is 0.0876. The number of halogens is 1. The molecule has 1 aliphatic carbocycles. The lowest BCUT2D eigenvalue weighted by atomic mass is 9.69. The average molecular weight is 327 g/mol. The number of carbonyl (C=O) groups excluding carboxylic acids is 1. The van der Waals surface area contributed by atoms with Gasteiger partial charge in [0.05, 0.1) is 11.6 Å². The van der Waals surface area contributed by atoms with Gasteiger partial charge in [-0.2, -0.15) is 0 Å². The maximum absolute atomic E-state index is 12.1. The fourth-order valence-electron chi connectivity index (χ4n) is 2.31. The van der Waals surface area contributed by atoms with E-state index >= 15 is 0 Å². The lowest BCUT2D eigenvalue weighted by Crippen LogP contribution is -2.46. The summed E-state index contributed by atoms with van der Waals surface area (Å²) in [4.78, 5) is 12.1. The minimum atomic E-state index is -0.0666. The minimum absolute atomic E-state index is 0.0666. The van der Waals surface area contributed by atoms with Gasteiger partial charge in [-0.15, -0.1) is 0 Å². The third-order valence-corrected chi connectivity index (χ3v) is 4.50. The van der Waals surface area contributed by atoms with Gasteiger partial charge in [-0.05, 0) is 58.9 Å². The molecule has 1 aromatic carbocycles. The quantitative estimate of drug-likeness (QED) is 0.872. The average Bonchev–Trinajstić information content (AvgIpc) is 2.37. The zero-order valence-corrected chi connectivity index (χ0v) is 12.6. The molecule has 0 saturated heterocycles. The number of rotatable bonds is 5. The molecule has 0 heterocycles. The summed E-state index contributed by atoms with van der Waals surface area (Å²) < 4.78 is 5.92. The number of ether oxygens (including phenoxy) is 1. The summed E-state index contributed by atoms with van der Waals surface area (Å²) in [6.07, 6.45) is 3.42. The van der Waals surface area contributed by atoms with Crippen LogP contribution in [0.25, 0.3) is 0 Å². The van der Waals surface area contributed by atoms with Gasteiger partial charge in [0, 0.05) is 12.1 Å². The van der Waals surface area contributed by atoms with Crippen LogP contribution in [-0.2, 0) is 0 Å². The van der Waals surface area contributed by atoms with Crippen LogP contribution >= 0.6 is 15.9 Å². The molecule has 0 atom stereocenters. The van der Waals surface area contributed by atoms with E-state index < -0.39 is 0 Å². The van der Waals surface area contributed by atoms with Gasteiger partial charge >= 0.3 is 0 Å². The van der Waals surface area contributed by atoms with E-state index in [-0.39, 0.29) is 11.3 Å². The van der Waals surface area contributed by atoms with Crippen LogP contribution in [0, 0.1) is 5.41 Å². The van der Waals surface area contributed by atoms with Crippen molar-refractivity contribution >= 4 is 21.8 Å². The van der Waals surface area contributed by atoms with Gasteiger partial charge in [0.15, 0.2) is 0 Å². The Hall–Kier alpha value is -1.07. The molecule has 0 aromatic heterocycles. The molecule has 1 aliphatic rings. The van der Waals surface area contributed by atoms with E-state index in [9.17, 15) is 4.79 Å². The molecule has 104 valence electrons. The van der Waals surface area contributed by atoms with Gasteiger partial charge in [-0.1, -0.05) is 6.42 Å². The van der Waals surface area contributed by atoms with Crippen molar-refractivity contribution in [1.82, 2.24) is 5.32 Å². The Kier molecular flexibility index (Phi) is 4.47. The van der Waals surface area contributed by atoms with Crippen LogP contribution in [0.2, 0.25) is 0 Å². The highest BCUT2D eigenvalue weighted by atomic mass is 79.9. The summed E-state index contributed by atoms with van der Waals surface area (Å²) in [5.74, 6) is 0.650. The summed E-state index contributed by atoms with van der Waals surface area (Å²) in [6.45, 7) is 1.30. The highest BCUT2D eigenvalue weighted by Crippen LogP contribution is 2.39. The van der Waals surface area contributed by atoms with E-state index in [1.54, 1.807) is 25.3 Å². The predicted octanol–water partition coefficient (Wildman–Crippen LogP) is 2.32. The van der Waals surface area contributed by atoms with Crippen LogP contribution in [0.3, 0.4) is 0 Å². The van der Waals surface area contributed by atoms with E-state index in [4.69, 9.17) is 10.5 Å². The summed E-state index contributed by atoms with van der Waals surface area (Å²) in [5, 5.41) is 2.98. The Balaban J connectivity index is 1.98. The smallest absolute Gasteiger partial charge is 0.251 e. The molecule has 0 aliphatic heterocycles. The topological polar surface area (TPSA) is 64.3 Å². The van der Waals surface area contributed by atoms with Crippen molar-refractivity contribution in [2.45, 2.75) is 19.3 Å². The molecule has 1 fully saturated rings. The number of nitrogens with one attached hydrogen (secondary N) is 1. The molecule has 0 radical (unpaired) electrons. The molecule has 5 heteroatoms. The minimum Gasteiger partial charge on any atom is -0.496 e. The van der Waals surface area contributed by atoms with Crippen molar-refractivity contribution in [3.8, 4) is 5.75 Å². The van der Waals surface area contributed by atoms with E-state index in [0.717, 1.165) is 17.3 Å².